The highest BCUT2D eigenvalue weighted by molar-refractivity contribution is 7.26. The third-order valence-corrected chi connectivity index (χ3v) is 8.26. The first-order valence-electron chi connectivity index (χ1n) is 13.1. The Bertz CT molecular complexity index is 2070. The number of hydrogen-bond donors (Lipinski definition) is 0. The van der Waals surface area contributed by atoms with Crippen molar-refractivity contribution in [3.05, 3.63) is 127 Å². The summed E-state index contributed by atoms with van der Waals surface area (Å²) < 4.78 is 8.45. The first-order valence-corrected chi connectivity index (χ1v) is 13.9. The number of benzene rings is 5. The van der Waals surface area contributed by atoms with E-state index in [1.807, 2.05) is 60.7 Å². The topological polar surface area (TPSA) is 51.8 Å². The second kappa shape index (κ2) is 9.26. The van der Waals surface area contributed by atoms with Gasteiger partial charge in [-0.3, -0.25) is 0 Å². The summed E-state index contributed by atoms with van der Waals surface area (Å²) in [6.07, 6.45) is 0. The lowest BCUT2D eigenvalue weighted by Gasteiger charge is -2.10. The minimum absolute atomic E-state index is 0.636. The zero-order valence-electron chi connectivity index (χ0n) is 21.3. The van der Waals surface area contributed by atoms with Crippen LogP contribution in [0, 0.1) is 0 Å². The summed E-state index contributed by atoms with van der Waals surface area (Å²) in [6, 6.07) is 43.4. The molecule has 0 fully saturated rings. The first kappa shape index (κ1) is 22.8. The van der Waals surface area contributed by atoms with Crippen LogP contribution < -0.4 is 0 Å². The maximum atomic E-state index is 6.06. The lowest BCUT2D eigenvalue weighted by Crippen LogP contribution is -1.96. The minimum Gasteiger partial charge on any atom is -0.436 e. The summed E-state index contributed by atoms with van der Waals surface area (Å²) in [5, 5.41) is 2.39. The normalized spacial score (nSPS) is 11.5. The van der Waals surface area contributed by atoms with Gasteiger partial charge in [0.05, 0.1) is 11.4 Å². The Hall–Kier alpha value is -5.13. The Morgan fingerprint density at radius 2 is 1.27 bits per heavy atom. The van der Waals surface area contributed by atoms with Crippen LogP contribution in [0.1, 0.15) is 0 Å². The van der Waals surface area contributed by atoms with Crippen molar-refractivity contribution >= 4 is 42.6 Å². The van der Waals surface area contributed by atoms with E-state index in [-0.39, 0.29) is 0 Å². The van der Waals surface area contributed by atoms with Gasteiger partial charge in [-0.15, -0.1) is 11.3 Å². The van der Waals surface area contributed by atoms with E-state index < -0.39 is 0 Å². The van der Waals surface area contributed by atoms with Crippen molar-refractivity contribution in [2.45, 2.75) is 0 Å². The molecule has 0 unspecified atom stereocenters. The lowest BCUT2D eigenvalue weighted by atomic mass is 10.0. The minimum atomic E-state index is 0.636. The molecule has 8 aromatic rings. The van der Waals surface area contributed by atoms with Crippen molar-refractivity contribution in [1.29, 1.82) is 0 Å². The van der Waals surface area contributed by atoms with Crippen LogP contribution in [0.4, 0.5) is 0 Å². The third-order valence-electron chi connectivity index (χ3n) is 7.14. The third kappa shape index (κ3) is 3.87. The van der Waals surface area contributed by atoms with Gasteiger partial charge in [0, 0.05) is 42.4 Å². The first-order chi connectivity index (χ1) is 19.8. The van der Waals surface area contributed by atoms with Crippen LogP contribution in [0.15, 0.2) is 132 Å². The molecule has 0 aliphatic heterocycles. The molecule has 0 N–H and O–H groups in total. The van der Waals surface area contributed by atoms with Gasteiger partial charge in [0.15, 0.2) is 11.4 Å². The summed E-state index contributed by atoms with van der Waals surface area (Å²) >= 11 is 1.77. The Morgan fingerprint density at radius 3 is 2.10 bits per heavy atom. The average molecular weight is 532 g/mol. The largest absolute Gasteiger partial charge is 0.436 e. The molecule has 0 bridgehead atoms. The summed E-state index contributed by atoms with van der Waals surface area (Å²) in [6.45, 7) is 0. The molecular formula is C35H21N3OS. The van der Waals surface area contributed by atoms with Gasteiger partial charge in [-0.2, -0.15) is 0 Å². The van der Waals surface area contributed by atoms with Gasteiger partial charge in [-0.25, -0.2) is 15.0 Å². The van der Waals surface area contributed by atoms with Gasteiger partial charge in [-0.1, -0.05) is 91.0 Å². The SMILES string of the molecule is c1ccc(-c2cc(-c3cccc4sc5cc(-c6nc7ccccc7o6)ccc5c34)nc(-c3ccccc3)n2)cc1. The Balaban J connectivity index is 1.32. The molecule has 0 saturated carbocycles. The van der Waals surface area contributed by atoms with Crippen molar-refractivity contribution in [2.24, 2.45) is 0 Å². The van der Waals surface area contributed by atoms with Gasteiger partial charge in [-0.05, 0) is 36.4 Å². The zero-order chi connectivity index (χ0) is 26.5. The molecule has 4 nitrogen and oxygen atoms in total. The van der Waals surface area contributed by atoms with E-state index in [4.69, 9.17) is 19.4 Å². The molecule has 0 aliphatic carbocycles. The molecule has 188 valence electrons. The standard InChI is InChI=1S/C35H21N3OS/c1-3-10-22(11-4-1)28-21-29(37-34(36-28)23-12-5-2-6-13-23)25-14-9-17-31-33(25)26-19-18-24(20-32(26)40-31)35-38-27-15-7-8-16-30(27)39-35/h1-21H. The Morgan fingerprint density at radius 1 is 0.525 bits per heavy atom. The maximum absolute atomic E-state index is 6.06. The zero-order valence-corrected chi connectivity index (χ0v) is 22.1. The van der Waals surface area contributed by atoms with E-state index in [1.165, 1.54) is 20.2 Å². The molecule has 0 saturated heterocycles. The monoisotopic (exact) mass is 531 g/mol. The second-order valence-corrected chi connectivity index (χ2v) is 10.8. The van der Waals surface area contributed by atoms with Crippen LogP contribution in [0.5, 0.6) is 0 Å². The molecule has 0 spiro atoms. The molecule has 0 radical (unpaired) electrons. The van der Waals surface area contributed by atoms with Crippen molar-refractivity contribution in [3.8, 4) is 45.4 Å². The van der Waals surface area contributed by atoms with Crippen LogP contribution >= 0.6 is 11.3 Å². The highest BCUT2D eigenvalue weighted by Crippen LogP contribution is 2.42. The number of hydrogen-bond acceptors (Lipinski definition) is 5. The summed E-state index contributed by atoms with van der Waals surface area (Å²) in [5.41, 5.74) is 7.58. The second-order valence-electron chi connectivity index (χ2n) is 9.67. The van der Waals surface area contributed by atoms with E-state index >= 15 is 0 Å². The van der Waals surface area contributed by atoms with Crippen molar-refractivity contribution in [3.63, 3.8) is 0 Å². The van der Waals surface area contributed by atoms with Crippen LogP contribution in [-0.2, 0) is 0 Å². The smallest absolute Gasteiger partial charge is 0.227 e. The van der Waals surface area contributed by atoms with Gasteiger partial charge < -0.3 is 4.42 Å². The molecule has 5 heteroatoms. The molecule has 0 amide bonds. The van der Waals surface area contributed by atoms with E-state index in [0.717, 1.165) is 44.7 Å². The van der Waals surface area contributed by atoms with Crippen LogP contribution in [0.3, 0.4) is 0 Å². The number of oxazole rings is 1. The number of thiophene rings is 1. The fourth-order valence-corrected chi connectivity index (χ4v) is 6.40. The average Bonchev–Trinajstić information content (AvgIpc) is 3.63. The van der Waals surface area contributed by atoms with Gasteiger partial charge in [0.25, 0.3) is 0 Å². The van der Waals surface area contributed by atoms with Gasteiger partial charge in [0.1, 0.15) is 5.52 Å². The molecule has 40 heavy (non-hydrogen) atoms. The summed E-state index contributed by atoms with van der Waals surface area (Å²) in [5.74, 6) is 1.35. The molecule has 8 rings (SSSR count). The van der Waals surface area contributed by atoms with Crippen molar-refractivity contribution < 1.29 is 4.42 Å². The highest BCUT2D eigenvalue weighted by Gasteiger charge is 2.17. The van der Waals surface area contributed by atoms with Crippen LogP contribution in [-0.4, -0.2) is 15.0 Å². The molecule has 0 atom stereocenters. The van der Waals surface area contributed by atoms with Crippen molar-refractivity contribution in [2.75, 3.05) is 0 Å². The molecule has 0 aliphatic rings. The highest BCUT2D eigenvalue weighted by atomic mass is 32.1. The predicted octanol–water partition coefficient (Wildman–Crippen LogP) is 9.65. The molecular weight excluding hydrogens is 510 g/mol. The Labute approximate surface area is 234 Å². The number of aromatic nitrogens is 3. The summed E-state index contributed by atoms with van der Waals surface area (Å²) in [4.78, 5) is 14.8. The summed E-state index contributed by atoms with van der Waals surface area (Å²) in [7, 11) is 0. The number of nitrogens with zero attached hydrogens (tertiary/aromatic N) is 3. The Kier molecular flexibility index (Phi) is 5.28. The number of para-hydroxylation sites is 2. The van der Waals surface area contributed by atoms with E-state index in [0.29, 0.717) is 11.7 Å². The van der Waals surface area contributed by atoms with Crippen LogP contribution in [0.2, 0.25) is 0 Å². The van der Waals surface area contributed by atoms with E-state index in [9.17, 15) is 0 Å². The van der Waals surface area contributed by atoms with Crippen molar-refractivity contribution in [1.82, 2.24) is 15.0 Å². The van der Waals surface area contributed by atoms with Crippen LogP contribution in [0.25, 0.3) is 76.6 Å². The lowest BCUT2D eigenvalue weighted by molar-refractivity contribution is 0.620. The van der Waals surface area contributed by atoms with E-state index in [2.05, 4.69) is 66.7 Å². The molecule has 3 heterocycles. The number of fused-ring (bicyclic) bond motifs is 4. The fraction of sp³-hybridized carbons (Fsp3) is 0. The maximum Gasteiger partial charge on any atom is 0.227 e. The fourth-order valence-electron chi connectivity index (χ4n) is 5.23. The number of rotatable bonds is 4. The molecule has 3 aromatic heterocycles. The van der Waals surface area contributed by atoms with Gasteiger partial charge >= 0.3 is 0 Å². The van der Waals surface area contributed by atoms with Gasteiger partial charge in [0.2, 0.25) is 5.89 Å². The quantitative estimate of drug-likeness (QED) is 0.227. The van der Waals surface area contributed by atoms with E-state index in [1.54, 1.807) is 11.3 Å². The predicted molar refractivity (Wildman–Crippen MR) is 164 cm³/mol. The molecule has 5 aromatic carbocycles.